The van der Waals surface area contributed by atoms with Crippen molar-refractivity contribution < 1.29 is 18.4 Å². The van der Waals surface area contributed by atoms with E-state index in [1.165, 1.54) is 11.0 Å². The first-order valence-electron chi connectivity index (χ1n) is 7.64. The van der Waals surface area contributed by atoms with Gasteiger partial charge in [0.2, 0.25) is 11.8 Å². The van der Waals surface area contributed by atoms with Crippen molar-refractivity contribution >= 4 is 17.5 Å². The molecule has 1 aliphatic rings. The van der Waals surface area contributed by atoms with Crippen LogP contribution >= 0.6 is 0 Å². The topological polar surface area (TPSA) is 49.4 Å². The van der Waals surface area contributed by atoms with E-state index < -0.39 is 23.6 Å². The lowest BCUT2D eigenvalue weighted by molar-refractivity contribution is -0.133. The number of benzene rings is 2. The number of anilines is 1. The first kappa shape index (κ1) is 16.1. The lowest BCUT2D eigenvalue weighted by Gasteiger charge is -2.24. The molecule has 1 atom stereocenters. The standard InChI is InChI=1S/C18H16F2N2O2/c19-14-7-6-13(10-15(14)20)21-18(24)16-8-9-17(23)22(16)11-12-4-2-1-3-5-12/h1-7,10,16H,8-9,11H2,(H,21,24). The van der Waals surface area contributed by atoms with Crippen LogP contribution in [0.3, 0.4) is 0 Å². The predicted molar refractivity (Wildman–Crippen MR) is 85.0 cm³/mol. The maximum Gasteiger partial charge on any atom is 0.247 e. The first-order valence-corrected chi connectivity index (χ1v) is 7.64. The van der Waals surface area contributed by atoms with E-state index in [0.717, 1.165) is 17.7 Å². The average Bonchev–Trinajstić information content (AvgIpc) is 2.93. The van der Waals surface area contributed by atoms with Crippen LogP contribution in [0.25, 0.3) is 0 Å². The van der Waals surface area contributed by atoms with Crippen LogP contribution in [0.1, 0.15) is 18.4 Å². The summed E-state index contributed by atoms with van der Waals surface area (Å²) >= 11 is 0. The molecule has 0 spiro atoms. The fourth-order valence-corrected chi connectivity index (χ4v) is 2.78. The highest BCUT2D eigenvalue weighted by Gasteiger charge is 2.35. The Kier molecular flexibility index (Phi) is 4.55. The van der Waals surface area contributed by atoms with E-state index in [9.17, 15) is 18.4 Å². The van der Waals surface area contributed by atoms with Crippen LogP contribution in [-0.4, -0.2) is 22.8 Å². The van der Waals surface area contributed by atoms with Gasteiger partial charge in [-0.1, -0.05) is 30.3 Å². The van der Waals surface area contributed by atoms with Crippen molar-refractivity contribution in [2.75, 3.05) is 5.32 Å². The quantitative estimate of drug-likeness (QED) is 0.936. The zero-order valence-corrected chi connectivity index (χ0v) is 12.8. The van der Waals surface area contributed by atoms with Crippen LogP contribution in [-0.2, 0) is 16.1 Å². The van der Waals surface area contributed by atoms with Crippen LogP contribution in [0.4, 0.5) is 14.5 Å². The highest BCUT2D eigenvalue weighted by molar-refractivity contribution is 5.99. The van der Waals surface area contributed by atoms with Gasteiger partial charge in [0.25, 0.3) is 0 Å². The zero-order valence-electron chi connectivity index (χ0n) is 12.8. The highest BCUT2D eigenvalue weighted by Crippen LogP contribution is 2.23. The number of carbonyl (C=O) groups excluding carboxylic acids is 2. The summed E-state index contributed by atoms with van der Waals surface area (Å²) in [6, 6.07) is 11.9. The maximum atomic E-state index is 13.2. The smallest absolute Gasteiger partial charge is 0.247 e. The number of nitrogens with one attached hydrogen (secondary N) is 1. The Labute approximate surface area is 138 Å². The Bertz CT molecular complexity index is 765. The van der Waals surface area contributed by atoms with Gasteiger partial charge in [-0.15, -0.1) is 0 Å². The summed E-state index contributed by atoms with van der Waals surface area (Å²) in [6.07, 6.45) is 0.698. The molecule has 2 aromatic carbocycles. The average molecular weight is 330 g/mol. The van der Waals surface area contributed by atoms with Gasteiger partial charge in [0.15, 0.2) is 11.6 Å². The summed E-state index contributed by atoms with van der Waals surface area (Å²) in [5, 5.41) is 2.55. The van der Waals surface area contributed by atoms with E-state index in [-0.39, 0.29) is 11.6 Å². The minimum Gasteiger partial charge on any atom is -0.326 e. The first-order chi connectivity index (χ1) is 11.5. The van der Waals surface area contributed by atoms with E-state index >= 15 is 0 Å². The molecule has 0 radical (unpaired) electrons. The number of amides is 2. The molecule has 1 heterocycles. The SMILES string of the molecule is O=C(Nc1ccc(F)c(F)c1)C1CCC(=O)N1Cc1ccccc1. The second-order valence-corrected chi connectivity index (χ2v) is 5.68. The van der Waals surface area contributed by atoms with Crippen molar-refractivity contribution in [1.29, 1.82) is 0 Å². The number of rotatable bonds is 4. The summed E-state index contributed by atoms with van der Waals surface area (Å²) in [4.78, 5) is 26.0. The summed E-state index contributed by atoms with van der Waals surface area (Å²) < 4.78 is 26.2. The monoisotopic (exact) mass is 330 g/mol. The van der Waals surface area contributed by atoms with Crippen molar-refractivity contribution in [1.82, 2.24) is 4.90 Å². The molecule has 1 N–H and O–H groups in total. The Morgan fingerprint density at radius 1 is 1.12 bits per heavy atom. The number of likely N-dealkylation sites (tertiary alicyclic amines) is 1. The minimum absolute atomic E-state index is 0.0933. The molecule has 6 heteroatoms. The van der Waals surface area contributed by atoms with Gasteiger partial charge >= 0.3 is 0 Å². The van der Waals surface area contributed by atoms with Gasteiger partial charge in [0.1, 0.15) is 6.04 Å². The minimum atomic E-state index is -1.03. The van der Waals surface area contributed by atoms with Crippen LogP contribution in [0.2, 0.25) is 0 Å². The normalized spacial score (nSPS) is 17.2. The summed E-state index contributed by atoms with van der Waals surface area (Å²) in [5.41, 5.74) is 1.09. The molecule has 0 saturated carbocycles. The number of hydrogen-bond donors (Lipinski definition) is 1. The summed E-state index contributed by atoms with van der Waals surface area (Å²) in [6.45, 7) is 0.343. The highest BCUT2D eigenvalue weighted by atomic mass is 19.2. The van der Waals surface area contributed by atoms with E-state index in [1.807, 2.05) is 30.3 Å². The maximum absolute atomic E-state index is 13.2. The Balaban J connectivity index is 1.72. The molecule has 3 rings (SSSR count). The van der Waals surface area contributed by atoms with Crippen molar-refractivity contribution in [2.45, 2.75) is 25.4 Å². The lowest BCUT2D eigenvalue weighted by Crippen LogP contribution is -2.41. The number of carbonyl (C=O) groups is 2. The van der Waals surface area contributed by atoms with Gasteiger partial charge in [-0.2, -0.15) is 0 Å². The third kappa shape index (κ3) is 3.42. The van der Waals surface area contributed by atoms with Gasteiger partial charge in [0.05, 0.1) is 0 Å². The van der Waals surface area contributed by atoms with E-state index in [2.05, 4.69) is 5.32 Å². The molecule has 0 aromatic heterocycles. The van der Waals surface area contributed by atoms with E-state index in [0.29, 0.717) is 19.4 Å². The molecule has 124 valence electrons. The molecular weight excluding hydrogens is 314 g/mol. The van der Waals surface area contributed by atoms with Gasteiger partial charge in [-0.05, 0) is 24.1 Å². The van der Waals surface area contributed by atoms with Crippen LogP contribution in [0, 0.1) is 11.6 Å². The second kappa shape index (κ2) is 6.78. The molecule has 1 unspecified atom stereocenters. The number of halogens is 2. The molecule has 1 saturated heterocycles. The second-order valence-electron chi connectivity index (χ2n) is 5.68. The number of nitrogens with zero attached hydrogens (tertiary/aromatic N) is 1. The molecule has 1 fully saturated rings. The fraction of sp³-hybridized carbons (Fsp3) is 0.222. The van der Waals surface area contributed by atoms with Crippen molar-refractivity contribution in [3.05, 3.63) is 65.7 Å². The third-order valence-corrected chi connectivity index (χ3v) is 4.01. The fourth-order valence-electron chi connectivity index (χ4n) is 2.78. The van der Waals surface area contributed by atoms with Crippen molar-refractivity contribution in [2.24, 2.45) is 0 Å². The van der Waals surface area contributed by atoms with E-state index in [1.54, 1.807) is 0 Å². The molecule has 4 nitrogen and oxygen atoms in total. The Morgan fingerprint density at radius 2 is 1.88 bits per heavy atom. The third-order valence-electron chi connectivity index (χ3n) is 4.01. The lowest BCUT2D eigenvalue weighted by atomic mass is 10.1. The van der Waals surface area contributed by atoms with Crippen LogP contribution < -0.4 is 5.32 Å². The number of hydrogen-bond acceptors (Lipinski definition) is 2. The van der Waals surface area contributed by atoms with Crippen LogP contribution in [0.15, 0.2) is 48.5 Å². The molecule has 24 heavy (non-hydrogen) atoms. The molecule has 2 aromatic rings. The van der Waals surface area contributed by atoms with Gasteiger partial charge in [-0.3, -0.25) is 9.59 Å². The van der Waals surface area contributed by atoms with Crippen LogP contribution in [0.5, 0.6) is 0 Å². The molecule has 1 aliphatic heterocycles. The molecular formula is C18H16F2N2O2. The largest absolute Gasteiger partial charge is 0.326 e. The summed E-state index contributed by atoms with van der Waals surface area (Å²) in [5.74, 6) is -2.50. The summed E-state index contributed by atoms with van der Waals surface area (Å²) in [7, 11) is 0. The molecule has 0 aliphatic carbocycles. The van der Waals surface area contributed by atoms with Gasteiger partial charge in [0, 0.05) is 24.7 Å². The van der Waals surface area contributed by atoms with Crippen molar-refractivity contribution in [3.63, 3.8) is 0 Å². The zero-order chi connectivity index (χ0) is 17.1. The van der Waals surface area contributed by atoms with E-state index in [4.69, 9.17) is 0 Å². The van der Waals surface area contributed by atoms with Gasteiger partial charge < -0.3 is 10.2 Å². The van der Waals surface area contributed by atoms with Crippen molar-refractivity contribution in [3.8, 4) is 0 Å². The molecule has 2 amide bonds. The van der Waals surface area contributed by atoms with Gasteiger partial charge in [-0.25, -0.2) is 8.78 Å². The predicted octanol–water partition coefficient (Wildman–Crippen LogP) is 3.09. The molecule has 0 bridgehead atoms. The Morgan fingerprint density at radius 3 is 2.58 bits per heavy atom. The Hall–Kier alpha value is -2.76.